The Morgan fingerprint density at radius 1 is 1.28 bits per heavy atom. The van der Waals surface area contributed by atoms with E-state index in [1.807, 2.05) is 20.8 Å². The summed E-state index contributed by atoms with van der Waals surface area (Å²) in [5.74, 6) is -0.248. The van der Waals surface area contributed by atoms with Gasteiger partial charge < -0.3 is 5.11 Å². The number of aromatic nitrogens is 1. The zero-order valence-corrected chi connectivity index (χ0v) is 11.5. The smallest absolute Gasteiger partial charge is 0.123 e. The molecule has 0 aliphatic carbocycles. The van der Waals surface area contributed by atoms with Crippen molar-refractivity contribution in [2.24, 2.45) is 0 Å². The Morgan fingerprint density at radius 2 is 1.89 bits per heavy atom. The lowest BCUT2D eigenvalue weighted by Crippen LogP contribution is -2.21. The van der Waals surface area contributed by atoms with Crippen LogP contribution in [-0.2, 0) is 5.41 Å². The molecular formula is C14H16FNOS. The molecule has 0 atom stereocenters. The Kier molecular flexibility index (Phi) is 3.50. The minimum absolute atomic E-state index is 0.0583. The van der Waals surface area contributed by atoms with Crippen molar-refractivity contribution in [2.45, 2.75) is 26.2 Å². The molecule has 0 saturated carbocycles. The summed E-state index contributed by atoms with van der Waals surface area (Å²) in [6.45, 7) is 5.97. The Hall–Kier alpha value is -1.26. The molecule has 1 aromatic carbocycles. The highest BCUT2D eigenvalue weighted by Gasteiger charge is 2.25. The van der Waals surface area contributed by atoms with Gasteiger partial charge in [0, 0.05) is 15.9 Å². The van der Waals surface area contributed by atoms with Crippen molar-refractivity contribution in [1.29, 1.82) is 0 Å². The van der Waals surface area contributed by atoms with Crippen molar-refractivity contribution in [3.8, 4) is 11.3 Å². The first-order chi connectivity index (χ1) is 8.44. The molecule has 96 valence electrons. The van der Waals surface area contributed by atoms with Gasteiger partial charge in [-0.2, -0.15) is 0 Å². The monoisotopic (exact) mass is 265 g/mol. The van der Waals surface area contributed by atoms with Crippen LogP contribution < -0.4 is 0 Å². The zero-order valence-electron chi connectivity index (χ0n) is 10.7. The van der Waals surface area contributed by atoms with Gasteiger partial charge in [-0.25, -0.2) is 9.37 Å². The maximum atomic E-state index is 12.9. The van der Waals surface area contributed by atoms with Crippen LogP contribution in [0.4, 0.5) is 4.39 Å². The topological polar surface area (TPSA) is 33.1 Å². The average Bonchev–Trinajstić information content (AvgIpc) is 2.73. The standard InChI is InChI=1S/C14H16FNOS/c1-9-12(10-4-6-11(15)7-5-10)16-13(18-9)14(2,3)8-17/h4-7,17H,8H2,1-3H3. The van der Waals surface area contributed by atoms with Gasteiger partial charge in [0.25, 0.3) is 0 Å². The second-order valence-corrected chi connectivity index (χ2v) is 6.18. The molecule has 0 fully saturated rings. The van der Waals surface area contributed by atoms with Gasteiger partial charge >= 0.3 is 0 Å². The summed E-state index contributed by atoms with van der Waals surface area (Å²) in [4.78, 5) is 5.67. The molecular weight excluding hydrogens is 249 g/mol. The first-order valence-corrected chi connectivity index (χ1v) is 6.60. The lowest BCUT2D eigenvalue weighted by Gasteiger charge is -2.17. The van der Waals surface area contributed by atoms with Crippen LogP contribution >= 0.6 is 11.3 Å². The van der Waals surface area contributed by atoms with Crippen molar-refractivity contribution < 1.29 is 9.50 Å². The van der Waals surface area contributed by atoms with Gasteiger partial charge in [-0.15, -0.1) is 11.3 Å². The fraction of sp³-hybridized carbons (Fsp3) is 0.357. The highest BCUT2D eigenvalue weighted by Crippen LogP contribution is 2.33. The molecule has 18 heavy (non-hydrogen) atoms. The van der Waals surface area contributed by atoms with E-state index in [0.717, 1.165) is 21.1 Å². The van der Waals surface area contributed by atoms with Gasteiger partial charge in [-0.3, -0.25) is 0 Å². The summed E-state index contributed by atoms with van der Waals surface area (Å²) >= 11 is 1.58. The van der Waals surface area contributed by atoms with Crippen molar-refractivity contribution in [2.75, 3.05) is 6.61 Å². The van der Waals surface area contributed by atoms with Crippen LogP contribution in [0.1, 0.15) is 23.7 Å². The van der Waals surface area contributed by atoms with E-state index in [4.69, 9.17) is 0 Å². The van der Waals surface area contributed by atoms with Crippen LogP contribution in [0, 0.1) is 12.7 Å². The number of hydrogen-bond donors (Lipinski definition) is 1. The van der Waals surface area contributed by atoms with E-state index in [2.05, 4.69) is 4.98 Å². The van der Waals surface area contributed by atoms with E-state index in [-0.39, 0.29) is 17.8 Å². The van der Waals surface area contributed by atoms with Crippen LogP contribution in [0.3, 0.4) is 0 Å². The molecule has 0 spiro atoms. The number of aryl methyl sites for hydroxylation is 1. The number of rotatable bonds is 3. The summed E-state index contributed by atoms with van der Waals surface area (Å²) in [7, 11) is 0. The van der Waals surface area contributed by atoms with Crippen LogP contribution in [-0.4, -0.2) is 16.7 Å². The number of aliphatic hydroxyl groups is 1. The SMILES string of the molecule is Cc1sc(C(C)(C)CO)nc1-c1ccc(F)cc1. The molecule has 2 aromatic rings. The summed E-state index contributed by atoms with van der Waals surface area (Å²) in [6, 6.07) is 6.33. The molecule has 0 bridgehead atoms. The van der Waals surface area contributed by atoms with Crippen molar-refractivity contribution in [3.63, 3.8) is 0 Å². The maximum absolute atomic E-state index is 12.9. The number of halogens is 1. The molecule has 0 radical (unpaired) electrons. The van der Waals surface area contributed by atoms with Crippen LogP contribution in [0.2, 0.25) is 0 Å². The largest absolute Gasteiger partial charge is 0.395 e. The van der Waals surface area contributed by atoms with Crippen LogP contribution in [0.15, 0.2) is 24.3 Å². The Bertz CT molecular complexity index is 545. The Labute approximate surface area is 110 Å². The van der Waals surface area contributed by atoms with Crippen LogP contribution in [0.25, 0.3) is 11.3 Å². The number of aliphatic hydroxyl groups excluding tert-OH is 1. The molecule has 2 rings (SSSR count). The lowest BCUT2D eigenvalue weighted by atomic mass is 9.96. The summed E-state index contributed by atoms with van der Waals surface area (Å²) in [5, 5.41) is 10.3. The van der Waals surface area contributed by atoms with E-state index >= 15 is 0 Å². The first kappa shape index (κ1) is 13.2. The van der Waals surface area contributed by atoms with Crippen molar-refractivity contribution in [3.05, 3.63) is 40.0 Å². The quantitative estimate of drug-likeness (QED) is 0.921. The highest BCUT2D eigenvalue weighted by atomic mass is 32.1. The van der Waals surface area contributed by atoms with E-state index in [1.54, 1.807) is 23.5 Å². The molecule has 1 N–H and O–H groups in total. The molecule has 0 amide bonds. The Balaban J connectivity index is 2.44. The van der Waals surface area contributed by atoms with Crippen molar-refractivity contribution >= 4 is 11.3 Å². The van der Waals surface area contributed by atoms with Crippen LogP contribution in [0.5, 0.6) is 0 Å². The lowest BCUT2D eigenvalue weighted by molar-refractivity contribution is 0.218. The van der Waals surface area contributed by atoms with Crippen molar-refractivity contribution in [1.82, 2.24) is 4.98 Å². The molecule has 1 heterocycles. The van der Waals surface area contributed by atoms with Gasteiger partial charge in [-0.05, 0) is 31.2 Å². The predicted molar refractivity (Wildman–Crippen MR) is 72.4 cm³/mol. The second-order valence-electron chi connectivity index (χ2n) is 4.97. The minimum Gasteiger partial charge on any atom is -0.395 e. The van der Waals surface area contributed by atoms with Gasteiger partial charge in [0.2, 0.25) is 0 Å². The molecule has 0 aliphatic rings. The first-order valence-electron chi connectivity index (χ1n) is 5.79. The summed E-state index contributed by atoms with van der Waals surface area (Å²) < 4.78 is 12.9. The number of hydrogen-bond acceptors (Lipinski definition) is 3. The average molecular weight is 265 g/mol. The molecule has 4 heteroatoms. The Morgan fingerprint density at radius 3 is 2.44 bits per heavy atom. The van der Waals surface area contributed by atoms with E-state index in [9.17, 15) is 9.50 Å². The fourth-order valence-electron chi connectivity index (χ4n) is 1.63. The van der Waals surface area contributed by atoms with Gasteiger partial charge in [0.15, 0.2) is 0 Å². The zero-order chi connectivity index (χ0) is 13.3. The number of thiazole rings is 1. The predicted octanol–water partition coefficient (Wildman–Crippen LogP) is 3.53. The summed E-state index contributed by atoms with van der Waals surface area (Å²) in [6.07, 6.45) is 0. The summed E-state index contributed by atoms with van der Waals surface area (Å²) in [5.41, 5.74) is 1.44. The molecule has 1 aromatic heterocycles. The number of benzene rings is 1. The highest BCUT2D eigenvalue weighted by molar-refractivity contribution is 7.12. The van der Waals surface area contributed by atoms with E-state index in [1.165, 1.54) is 12.1 Å². The normalized spacial score (nSPS) is 11.8. The third-order valence-electron chi connectivity index (χ3n) is 2.89. The number of nitrogens with zero attached hydrogens (tertiary/aromatic N) is 1. The molecule has 0 aliphatic heterocycles. The fourth-order valence-corrected chi connectivity index (χ4v) is 2.66. The third-order valence-corrected chi connectivity index (χ3v) is 4.23. The van der Waals surface area contributed by atoms with Gasteiger partial charge in [0.05, 0.1) is 12.3 Å². The van der Waals surface area contributed by atoms with Gasteiger partial charge in [-0.1, -0.05) is 13.8 Å². The molecule has 0 saturated heterocycles. The molecule has 2 nitrogen and oxygen atoms in total. The minimum atomic E-state index is -0.340. The van der Waals surface area contributed by atoms with E-state index in [0.29, 0.717) is 0 Å². The second kappa shape index (κ2) is 4.78. The maximum Gasteiger partial charge on any atom is 0.123 e. The van der Waals surface area contributed by atoms with E-state index < -0.39 is 0 Å². The van der Waals surface area contributed by atoms with Gasteiger partial charge in [0.1, 0.15) is 10.8 Å². The third kappa shape index (κ3) is 2.44. The molecule has 0 unspecified atom stereocenters.